The van der Waals surface area contributed by atoms with Crippen LogP contribution in [0.1, 0.15) is 18.6 Å². The number of methoxy groups -OCH3 is 1. The van der Waals surface area contributed by atoms with Gasteiger partial charge in [-0.2, -0.15) is 0 Å². The number of benzene rings is 1. The highest BCUT2D eigenvalue weighted by molar-refractivity contribution is 5.32. The third-order valence-electron chi connectivity index (χ3n) is 2.42. The summed E-state index contributed by atoms with van der Waals surface area (Å²) in [4.78, 5) is 0. The van der Waals surface area contributed by atoms with Crippen LogP contribution < -0.4 is 4.74 Å². The standard InChI is InChI=1S/C11H14O3/c1-7(12)10-11(14-10)8-4-3-5-9(6-8)13-2/h3-7,10-12H,1-2H3/t7-,10+,11-/m1/s1. The van der Waals surface area contributed by atoms with E-state index in [1.54, 1.807) is 14.0 Å². The zero-order valence-electron chi connectivity index (χ0n) is 8.31. The topological polar surface area (TPSA) is 42.0 Å². The Labute approximate surface area is 83.3 Å². The Bertz CT molecular complexity index is 322. The van der Waals surface area contributed by atoms with E-state index in [-0.39, 0.29) is 12.2 Å². The van der Waals surface area contributed by atoms with E-state index < -0.39 is 6.10 Å². The summed E-state index contributed by atoms with van der Waals surface area (Å²) in [5.41, 5.74) is 1.07. The van der Waals surface area contributed by atoms with Gasteiger partial charge in [0.05, 0.1) is 13.2 Å². The first-order valence-electron chi connectivity index (χ1n) is 4.70. The molecule has 0 amide bonds. The maximum absolute atomic E-state index is 9.29. The van der Waals surface area contributed by atoms with Gasteiger partial charge in [-0.25, -0.2) is 0 Å². The molecule has 0 spiro atoms. The highest BCUT2D eigenvalue weighted by atomic mass is 16.6. The molecule has 0 radical (unpaired) electrons. The molecule has 3 nitrogen and oxygen atoms in total. The van der Waals surface area contributed by atoms with E-state index in [0.717, 1.165) is 11.3 Å². The molecule has 1 aliphatic heterocycles. The highest BCUT2D eigenvalue weighted by Crippen LogP contribution is 2.41. The quantitative estimate of drug-likeness (QED) is 0.742. The van der Waals surface area contributed by atoms with Gasteiger partial charge in [-0.05, 0) is 24.6 Å². The number of aliphatic hydroxyl groups is 1. The van der Waals surface area contributed by atoms with Crippen LogP contribution in [0.25, 0.3) is 0 Å². The van der Waals surface area contributed by atoms with Crippen molar-refractivity contribution in [3.63, 3.8) is 0 Å². The van der Waals surface area contributed by atoms with Gasteiger partial charge in [0.2, 0.25) is 0 Å². The summed E-state index contributed by atoms with van der Waals surface area (Å²) in [6, 6.07) is 7.74. The Morgan fingerprint density at radius 1 is 1.50 bits per heavy atom. The molecule has 0 bridgehead atoms. The largest absolute Gasteiger partial charge is 0.497 e. The van der Waals surface area contributed by atoms with E-state index in [2.05, 4.69) is 0 Å². The number of ether oxygens (including phenoxy) is 2. The van der Waals surface area contributed by atoms with Gasteiger partial charge in [0.1, 0.15) is 18.0 Å². The van der Waals surface area contributed by atoms with Crippen molar-refractivity contribution < 1.29 is 14.6 Å². The molecule has 1 aromatic rings. The molecule has 2 rings (SSSR count). The van der Waals surface area contributed by atoms with Crippen molar-refractivity contribution in [2.24, 2.45) is 0 Å². The molecule has 1 heterocycles. The van der Waals surface area contributed by atoms with Gasteiger partial charge >= 0.3 is 0 Å². The second-order valence-corrected chi connectivity index (χ2v) is 3.54. The zero-order valence-corrected chi connectivity index (χ0v) is 8.31. The van der Waals surface area contributed by atoms with Crippen LogP contribution in [-0.2, 0) is 4.74 Å². The third kappa shape index (κ3) is 1.74. The molecule has 1 aromatic carbocycles. The molecule has 3 atom stereocenters. The van der Waals surface area contributed by atoms with Gasteiger partial charge in [0.25, 0.3) is 0 Å². The fourth-order valence-corrected chi connectivity index (χ4v) is 1.58. The number of hydrogen-bond donors (Lipinski definition) is 1. The van der Waals surface area contributed by atoms with Crippen LogP contribution >= 0.6 is 0 Å². The van der Waals surface area contributed by atoms with Crippen LogP contribution in [0.4, 0.5) is 0 Å². The van der Waals surface area contributed by atoms with Crippen LogP contribution in [-0.4, -0.2) is 24.4 Å². The minimum absolute atomic E-state index is 0.0325. The van der Waals surface area contributed by atoms with Crippen LogP contribution in [0.5, 0.6) is 5.75 Å². The second-order valence-electron chi connectivity index (χ2n) is 3.54. The fourth-order valence-electron chi connectivity index (χ4n) is 1.58. The number of epoxide rings is 1. The number of hydrogen-bond acceptors (Lipinski definition) is 3. The van der Waals surface area contributed by atoms with Crippen molar-refractivity contribution >= 4 is 0 Å². The summed E-state index contributed by atoms with van der Waals surface area (Å²) in [6.07, 6.45) is -0.432. The number of aliphatic hydroxyl groups excluding tert-OH is 1. The van der Waals surface area contributed by atoms with E-state index in [1.807, 2.05) is 24.3 Å². The first-order chi connectivity index (χ1) is 6.72. The molecule has 1 saturated heterocycles. The first kappa shape index (κ1) is 9.49. The van der Waals surface area contributed by atoms with E-state index >= 15 is 0 Å². The van der Waals surface area contributed by atoms with Crippen molar-refractivity contribution in [2.75, 3.05) is 7.11 Å². The van der Waals surface area contributed by atoms with Crippen LogP contribution in [0.3, 0.4) is 0 Å². The summed E-state index contributed by atoms with van der Waals surface area (Å²) in [5, 5.41) is 9.29. The lowest BCUT2D eigenvalue weighted by Gasteiger charge is -2.02. The summed E-state index contributed by atoms with van der Waals surface area (Å²) in [6.45, 7) is 1.74. The first-order valence-corrected chi connectivity index (χ1v) is 4.70. The van der Waals surface area contributed by atoms with Crippen molar-refractivity contribution in [1.29, 1.82) is 0 Å². The molecular weight excluding hydrogens is 180 g/mol. The summed E-state index contributed by atoms with van der Waals surface area (Å²) in [7, 11) is 1.64. The average molecular weight is 194 g/mol. The Balaban J connectivity index is 2.11. The molecule has 14 heavy (non-hydrogen) atoms. The van der Waals surface area contributed by atoms with E-state index in [9.17, 15) is 5.11 Å². The summed E-state index contributed by atoms with van der Waals surface area (Å²) < 4.78 is 10.5. The van der Waals surface area contributed by atoms with Gasteiger partial charge < -0.3 is 14.6 Å². The van der Waals surface area contributed by atoms with Gasteiger partial charge in [0, 0.05) is 0 Å². The van der Waals surface area contributed by atoms with Crippen molar-refractivity contribution in [3.8, 4) is 5.75 Å². The smallest absolute Gasteiger partial charge is 0.119 e. The maximum Gasteiger partial charge on any atom is 0.119 e. The van der Waals surface area contributed by atoms with Crippen molar-refractivity contribution in [2.45, 2.75) is 25.2 Å². The molecule has 3 heteroatoms. The van der Waals surface area contributed by atoms with Crippen LogP contribution in [0.2, 0.25) is 0 Å². The third-order valence-corrected chi connectivity index (χ3v) is 2.42. The van der Waals surface area contributed by atoms with Gasteiger partial charge in [-0.15, -0.1) is 0 Å². The second kappa shape index (κ2) is 3.59. The predicted octanol–water partition coefficient (Wildman–Crippen LogP) is 1.52. The minimum atomic E-state index is -0.411. The Morgan fingerprint density at radius 3 is 2.86 bits per heavy atom. The monoisotopic (exact) mass is 194 g/mol. The highest BCUT2D eigenvalue weighted by Gasteiger charge is 2.43. The lowest BCUT2D eigenvalue weighted by Crippen LogP contribution is -2.09. The molecule has 1 fully saturated rings. The van der Waals surface area contributed by atoms with Gasteiger partial charge in [-0.3, -0.25) is 0 Å². The summed E-state index contributed by atoms with van der Waals surface area (Å²) >= 11 is 0. The van der Waals surface area contributed by atoms with Crippen LogP contribution in [0, 0.1) is 0 Å². The lowest BCUT2D eigenvalue weighted by molar-refractivity contribution is 0.152. The molecule has 76 valence electrons. The predicted molar refractivity (Wildman–Crippen MR) is 52.3 cm³/mol. The van der Waals surface area contributed by atoms with Crippen molar-refractivity contribution in [1.82, 2.24) is 0 Å². The molecule has 0 aromatic heterocycles. The van der Waals surface area contributed by atoms with Crippen LogP contribution in [0.15, 0.2) is 24.3 Å². The summed E-state index contributed by atoms with van der Waals surface area (Å²) in [5.74, 6) is 0.822. The molecule has 0 unspecified atom stereocenters. The van der Waals surface area contributed by atoms with E-state index in [0.29, 0.717) is 0 Å². The average Bonchev–Trinajstić information content (AvgIpc) is 2.97. The zero-order chi connectivity index (χ0) is 10.1. The molecular formula is C11H14O3. The minimum Gasteiger partial charge on any atom is -0.497 e. The maximum atomic E-state index is 9.29. The lowest BCUT2D eigenvalue weighted by atomic mass is 10.1. The fraction of sp³-hybridized carbons (Fsp3) is 0.455. The van der Waals surface area contributed by atoms with Gasteiger partial charge in [-0.1, -0.05) is 12.1 Å². The SMILES string of the molecule is COc1cccc([C@H]2O[C@H]2[C@@H](C)O)c1. The Kier molecular flexibility index (Phi) is 2.44. The molecule has 1 N–H and O–H groups in total. The molecule has 0 aliphatic carbocycles. The van der Waals surface area contributed by atoms with Gasteiger partial charge in [0.15, 0.2) is 0 Å². The van der Waals surface area contributed by atoms with E-state index in [1.165, 1.54) is 0 Å². The Hall–Kier alpha value is -1.06. The van der Waals surface area contributed by atoms with E-state index in [4.69, 9.17) is 9.47 Å². The van der Waals surface area contributed by atoms with Crippen molar-refractivity contribution in [3.05, 3.63) is 29.8 Å². The molecule has 0 saturated carbocycles. The number of rotatable bonds is 3. The Morgan fingerprint density at radius 2 is 2.29 bits per heavy atom. The normalized spacial score (nSPS) is 27.1. The molecule has 1 aliphatic rings.